The van der Waals surface area contributed by atoms with Crippen molar-refractivity contribution in [3.63, 3.8) is 0 Å². The van der Waals surface area contributed by atoms with Crippen LogP contribution < -0.4 is 5.32 Å². The van der Waals surface area contributed by atoms with Crippen molar-refractivity contribution in [2.24, 2.45) is 0 Å². The Morgan fingerprint density at radius 3 is 2.50 bits per heavy atom. The van der Waals surface area contributed by atoms with Crippen LogP contribution in [0.25, 0.3) is 0 Å². The molecule has 0 aliphatic heterocycles. The Hall–Kier alpha value is -1.94. The van der Waals surface area contributed by atoms with Crippen molar-refractivity contribution in [2.75, 3.05) is 5.32 Å². The van der Waals surface area contributed by atoms with Crippen LogP contribution in [0, 0.1) is 5.82 Å². The van der Waals surface area contributed by atoms with Crippen molar-refractivity contribution in [1.29, 1.82) is 0 Å². The van der Waals surface area contributed by atoms with E-state index in [0.29, 0.717) is 29.2 Å². The minimum atomic E-state index is -0.173. The molecule has 0 atom stereocenters. The van der Waals surface area contributed by atoms with Gasteiger partial charge in [0.1, 0.15) is 5.82 Å². The van der Waals surface area contributed by atoms with Crippen molar-refractivity contribution in [3.8, 4) is 0 Å². The summed E-state index contributed by atoms with van der Waals surface area (Å²) >= 11 is 5.65. The highest BCUT2D eigenvalue weighted by Crippen LogP contribution is 2.31. The quantitative estimate of drug-likeness (QED) is 0.741. The number of para-hydroxylation sites is 1. The van der Waals surface area contributed by atoms with Gasteiger partial charge in [0.05, 0.1) is 0 Å². The molecule has 0 amide bonds. The molecule has 2 aromatic rings. The number of hydrogen-bond donors (Lipinski definition) is 1. The van der Waals surface area contributed by atoms with Gasteiger partial charge in [0.25, 0.3) is 0 Å². The van der Waals surface area contributed by atoms with Crippen molar-refractivity contribution in [3.05, 3.63) is 65.5 Å². The first-order valence-electron chi connectivity index (χ1n) is 8.46. The second-order valence-electron chi connectivity index (χ2n) is 6.62. The maximum Gasteiger partial charge on any atom is 0.173 e. The monoisotopic (exact) mass is 342 g/mol. The lowest BCUT2D eigenvalue weighted by atomic mass is 10.0. The Morgan fingerprint density at radius 2 is 1.83 bits per heavy atom. The summed E-state index contributed by atoms with van der Waals surface area (Å²) in [4.78, 5) is 2.12. The molecular formula is C20H23FN2S. The largest absolute Gasteiger partial charge is 0.342 e. The molecule has 3 rings (SSSR count). The topological polar surface area (TPSA) is 15.3 Å². The van der Waals surface area contributed by atoms with E-state index >= 15 is 0 Å². The molecule has 1 N–H and O–H groups in total. The van der Waals surface area contributed by atoms with E-state index in [0.717, 1.165) is 18.5 Å². The lowest BCUT2D eigenvalue weighted by molar-refractivity contribution is 0.400. The van der Waals surface area contributed by atoms with Crippen molar-refractivity contribution >= 4 is 23.0 Å². The molecular weight excluding hydrogens is 319 g/mol. The summed E-state index contributed by atoms with van der Waals surface area (Å²) < 4.78 is 14.0. The summed E-state index contributed by atoms with van der Waals surface area (Å²) in [6, 6.07) is 15.6. The van der Waals surface area contributed by atoms with Gasteiger partial charge < -0.3 is 10.2 Å². The third kappa shape index (κ3) is 3.93. The van der Waals surface area contributed by atoms with Gasteiger partial charge in [-0.25, -0.2) is 4.39 Å². The summed E-state index contributed by atoms with van der Waals surface area (Å²) in [7, 11) is 0. The predicted molar refractivity (Wildman–Crippen MR) is 102 cm³/mol. The summed E-state index contributed by atoms with van der Waals surface area (Å²) in [5.74, 6) is 0.242. The van der Waals surface area contributed by atoms with Gasteiger partial charge in [0.2, 0.25) is 0 Å². The molecule has 0 bridgehead atoms. The number of hydrogen-bond acceptors (Lipinski definition) is 1. The molecule has 1 fully saturated rings. The molecule has 0 spiro atoms. The van der Waals surface area contributed by atoms with Crippen molar-refractivity contribution < 1.29 is 4.39 Å². The minimum Gasteiger partial charge on any atom is -0.342 e. The fourth-order valence-electron chi connectivity index (χ4n) is 2.86. The van der Waals surface area contributed by atoms with Gasteiger partial charge in [-0.2, -0.15) is 0 Å². The number of halogens is 1. The lowest BCUT2D eigenvalue weighted by Crippen LogP contribution is -2.36. The lowest BCUT2D eigenvalue weighted by Gasteiger charge is -2.27. The van der Waals surface area contributed by atoms with Crippen LogP contribution in [0.3, 0.4) is 0 Å². The maximum absolute atomic E-state index is 14.0. The zero-order valence-corrected chi connectivity index (χ0v) is 14.9. The van der Waals surface area contributed by atoms with Crippen molar-refractivity contribution in [1.82, 2.24) is 4.90 Å². The van der Waals surface area contributed by atoms with Crippen LogP contribution in [0.2, 0.25) is 0 Å². The predicted octanol–water partition coefficient (Wildman–Crippen LogP) is 5.31. The highest BCUT2D eigenvalue weighted by molar-refractivity contribution is 7.80. The smallest absolute Gasteiger partial charge is 0.173 e. The van der Waals surface area contributed by atoms with Gasteiger partial charge in [0, 0.05) is 23.8 Å². The van der Waals surface area contributed by atoms with Crippen LogP contribution in [0.15, 0.2) is 48.5 Å². The van der Waals surface area contributed by atoms with Crippen LogP contribution in [-0.2, 0) is 6.54 Å². The second kappa shape index (κ2) is 7.31. The van der Waals surface area contributed by atoms with Gasteiger partial charge >= 0.3 is 0 Å². The number of nitrogens with zero attached hydrogens (tertiary/aromatic N) is 1. The first-order valence-corrected chi connectivity index (χ1v) is 8.87. The van der Waals surface area contributed by atoms with Crippen LogP contribution in [0.4, 0.5) is 10.1 Å². The second-order valence-corrected chi connectivity index (χ2v) is 7.01. The Labute approximate surface area is 148 Å². The average molecular weight is 342 g/mol. The fourth-order valence-corrected chi connectivity index (χ4v) is 3.19. The van der Waals surface area contributed by atoms with E-state index in [1.54, 1.807) is 6.07 Å². The van der Waals surface area contributed by atoms with Crippen LogP contribution in [0.5, 0.6) is 0 Å². The normalized spacial score (nSPS) is 13.8. The minimum absolute atomic E-state index is 0.173. The molecule has 126 valence electrons. The molecule has 2 aromatic carbocycles. The summed E-state index contributed by atoms with van der Waals surface area (Å²) in [5, 5.41) is 4.06. The van der Waals surface area contributed by atoms with Crippen molar-refractivity contribution in [2.45, 2.75) is 45.2 Å². The molecule has 4 heteroatoms. The molecule has 1 aliphatic carbocycles. The van der Waals surface area contributed by atoms with E-state index in [4.69, 9.17) is 12.2 Å². The number of thiocarbonyl (C=S) groups is 1. The molecule has 0 saturated heterocycles. The first kappa shape index (κ1) is 16.9. The SMILES string of the molecule is CC(C)c1ccccc1NC(=S)N(Cc1ccccc1F)C1CC1. The number of rotatable bonds is 5. The van der Waals surface area contributed by atoms with Gasteiger partial charge in [-0.05, 0) is 48.7 Å². The van der Waals surface area contributed by atoms with E-state index in [1.807, 2.05) is 24.3 Å². The van der Waals surface area contributed by atoms with E-state index in [2.05, 4.69) is 36.2 Å². The number of anilines is 1. The van der Waals surface area contributed by atoms with E-state index in [1.165, 1.54) is 11.6 Å². The average Bonchev–Trinajstić information content (AvgIpc) is 3.39. The van der Waals surface area contributed by atoms with E-state index < -0.39 is 0 Å². The van der Waals surface area contributed by atoms with Crippen LogP contribution in [0.1, 0.15) is 43.7 Å². The van der Waals surface area contributed by atoms with Crippen LogP contribution >= 0.6 is 12.2 Å². The Kier molecular flexibility index (Phi) is 5.14. The third-order valence-corrected chi connectivity index (χ3v) is 4.71. The highest BCUT2D eigenvalue weighted by atomic mass is 32.1. The summed E-state index contributed by atoms with van der Waals surface area (Å²) in [6.07, 6.45) is 2.23. The van der Waals surface area contributed by atoms with Gasteiger partial charge in [-0.1, -0.05) is 50.2 Å². The maximum atomic E-state index is 14.0. The van der Waals surface area contributed by atoms with Gasteiger partial charge in [-0.15, -0.1) is 0 Å². The molecule has 24 heavy (non-hydrogen) atoms. The Bertz CT molecular complexity index is 725. The highest BCUT2D eigenvalue weighted by Gasteiger charge is 2.31. The molecule has 0 heterocycles. The van der Waals surface area contributed by atoms with E-state index in [-0.39, 0.29) is 5.82 Å². The standard InChI is InChI=1S/C20H23FN2S/c1-14(2)17-8-4-6-10-19(17)22-20(24)23(16-11-12-16)13-15-7-3-5-9-18(15)21/h3-10,14,16H,11-13H2,1-2H3,(H,22,24). The summed E-state index contributed by atoms with van der Waals surface area (Å²) in [6.45, 7) is 4.84. The molecule has 0 aromatic heterocycles. The number of benzene rings is 2. The Morgan fingerprint density at radius 1 is 1.17 bits per heavy atom. The molecule has 1 saturated carbocycles. The summed E-state index contributed by atoms with van der Waals surface area (Å²) in [5.41, 5.74) is 2.96. The van der Waals surface area contributed by atoms with Gasteiger partial charge in [-0.3, -0.25) is 0 Å². The molecule has 1 aliphatic rings. The zero-order chi connectivity index (χ0) is 17.1. The van der Waals surface area contributed by atoms with E-state index in [9.17, 15) is 4.39 Å². The number of nitrogens with one attached hydrogen (secondary N) is 1. The molecule has 0 radical (unpaired) electrons. The third-order valence-electron chi connectivity index (χ3n) is 4.37. The van der Waals surface area contributed by atoms with Crippen LogP contribution in [-0.4, -0.2) is 16.1 Å². The molecule has 2 nitrogen and oxygen atoms in total. The zero-order valence-electron chi connectivity index (χ0n) is 14.1. The van der Waals surface area contributed by atoms with Gasteiger partial charge in [0.15, 0.2) is 5.11 Å². The molecule has 0 unspecified atom stereocenters. The Balaban J connectivity index is 1.78. The first-order chi connectivity index (χ1) is 11.6. The fraction of sp³-hybridized carbons (Fsp3) is 0.350.